The summed E-state index contributed by atoms with van der Waals surface area (Å²) in [7, 11) is 1.76. The molecule has 0 aliphatic heterocycles. The maximum Gasteiger partial charge on any atom is 0.214 e. The van der Waals surface area contributed by atoms with Crippen molar-refractivity contribution in [3.05, 3.63) is 95.7 Å². The van der Waals surface area contributed by atoms with E-state index in [0.29, 0.717) is 24.9 Å². The van der Waals surface area contributed by atoms with E-state index >= 15 is 0 Å². The average molecular weight is 429 g/mol. The van der Waals surface area contributed by atoms with Crippen molar-refractivity contribution >= 4 is 5.96 Å². The summed E-state index contributed by atoms with van der Waals surface area (Å²) in [6.07, 6.45) is 5.60. The summed E-state index contributed by atoms with van der Waals surface area (Å²) in [6.45, 7) is 5.80. The Morgan fingerprint density at radius 2 is 1.81 bits per heavy atom. The van der Waals surface area contributed by atoms with Gasteiger partial charge in [0, 0.05) is 32.5 Å². The SMILES string of the molecule is CN=C(NCc1nc(C)c(C)o1)NCc1ccccc1-c1ccc(Cn2ccnc2)cc1. The number of guanidine groups is 1. The first kappa shape index (κ1) is 21.4. The van der Waals surface area contributed by atoms with E-state index in [0.717, 1.165) is 18.0 Å². The normalized spacial score (nSPS) is 11.5. The van der Waals surface area contributed by atoms with Gasteiger partial charge in [-0.25, -0.2) is 9.97 Å². The Kier molecular flexibility index (Phi) is 6.65. The average Bonchev–Trinajstić information content (AvgIpc) is 3.44. The van der Waals surface area contributed by atoms with Crippen molar-refractivity contribution in [2.45, 2.75) is 33.5 Å². The summed E-state index contributed by atoms with van der Waals surface area (Å²) in [5.74, 6) is 2.19. The number of aromatic nitrogens is 3. The molecule has 32 heavy (non-hydrogen) atoms. The van der Waals surface area contributed by atoms with E-state index in [4.69, 9.17) is 4.42 Å². The summed E-state index contributed by atoms with van der Waals surface area (Å²) in [6, 6.07) is 17.1. The van der Waals surface area contributed by atoms with Gasteiger partial charge in [-0.2, -0.15) is 0 Å². The molecule has 0 amide bonds. The van der Waals surface area contributed by atoms with Crippen molar-refractivity contribution in [2.75, 3.05) is 7.05 Å². The molecule has 2 aromatic carbocycles. The number of imidazole rings is 1. The van der Waals surface area contributed by atoms with Gasteiger partial charge in [0.2, 0.25) is 5.89 Å². The summed E-state index contributed by atoms with van der Waals surface area (Å²) < 4.78 is 7.69. The molecule has 2 heterocycles. The van der Waals surface area contributed by atoms with Crippen LogP contribution in [-0.4, -0.2) is 27.5 Å². The van der Waals surface area contributed by atoms with Gasteiger partial charge in [-0.3, -0.25) is 4.99 Å². The van der Waals surface area contributed by atoms with Crippen molar-refractivity contribution in [1.29, 1.82) is 0 Å². The molecule has 0 unspecified atom stereocenters. The lowest BCUT2D eigenvalue weighted by molar-refractivity contribution is 0.463. The van der Waals surface area contributed by atoms with E-state index in [-0.39, 0.29) is 0 Å². The van der Waals surface area contributed by atoms with Crippen LogP contribution in [0.2, 0.25) is 0 Å². The minimum absolute atomic E-state index is 0.481. The van der Waals surface area contributed by atoms with Crippen molar-refractivity contribution < 1.29 is 4.42 Å². The van der Waals surface area contributed by atoms with Gasteiger partial charge in [0.15, 0.2) is 5.96 Å². The van der Waals surface area contributed by atoms with Gasteiger partial charge in [0.25, 0.3) is 0 Å². The second-order valence-corrected chi connectivity index (χ2v) is 7.62. The fourth-order valence-electron chi connectivity index (χ4n) is 3.51. The Balaban J connectivity index is 1.40. The number of nitrogens with one attached hydrogen (secondary N) is 2. The summed E-state index contributed by atoms with van der Waals surface area (Å²) >= 11 is 0. The molecule has 7 heteroatoms. The summed E-state index contributed by atoms with van der Waals surface area (Å²) in [5.41, 5.74) is 5.73. The van der Waals surface area contributed by atoms with E-state index in [2.05, 4.69) is 78.7 Å². The highest BCUT2D eigenvalue weighted by molar-refractivity contribution is 5.80. The number of rotatable bonds is 7. The Morgan fingerprint density at radius 3 is 2.50 bits per heavy atom. The van der Waals surface area contributed by atoms with Crippen LogP contribution in [0, 0.1) is 13.8 Å². The molecule has 0 saturated heterocycles. The van der Waals surface area contributed by atoms with E-state index in [1.165, 1.54) is 22.3 Å². The molecule has 0 saturated carbocycles. The van der Waals surface area contributed by atoms with Crippen molar-refractivity contribution in [1.82, 2.24) is 25.2 Å². The predicted octanol–water partition coefficient (Wildman–Crippen LogP) is 4.07. The molecule has 4 aromatic rings. The van der Waals surface area contributed by atoms with Crippen molar-refractivity contribution in [3.8, 4) is 11.1 Å². The zero-order valence-corrected chi connectivity index (χ0v) is 18.7. The maximum atomic E-state index is 5.63. The smallest absolute Gasteiger partial charge is 0.214 e. The van der Waals surface area contributed by atoms with Gasteiger partial charge in [0.05, 0.1) is 18.6 Å². The van der Waals surface area contributed by atoms with Gasteiger partial charge in [-0.1, -0.05) is 48.5 Å². The largest absolute Gasteiger partial charge is 0.444 e. The topological polar surface area (TPSA) is 80.3 Å². The molecule has 2 N–H and O–H groups in total. The Bertz CT molecular complexity index is 1160. The van der Waals surface area contributed by atoms with E-state index in [9.17, 15) is 0 Å². The van der Waals surface area contributed by atoms with Crippen LogP contribution >= 0.6 is 0 Å². The first-order chi connectivity index (χ1) is 15.6. The van der Waals surface area contributed by atoms with Crippen LogP contribution in [0.5, 0.6) is 0 Å². The Hall–Kier alpha value is -3.87. The van der Waals surface area contributed by atoms with Crippen LogP contribution in [0.25, 0.3) is 11.1 Å². The van der Waals surface area contributed by atoms with Gasteiger partial charge in [0.1, 0.15) is 5.76 Å². The Morgan fingerprint density at radius 1 is 1.03 bits per heavy atom. The number of aryl methyl sites for hydroxylation is 2. The minimum atomic E-state index is 0.481. The van der Waals surface area contributed by atoms with Gasteiger partial charge in [-0.05, 0) is 36.1 Å². The highest BCUT2D eigenvalue weighted by Crippen LogP contribution is 2.24. The molecule has 0 radical (unpaired) electrons. The van der Waals surface area contributed by atoms with Crippen molar-refractivity contribution in [3.63, 3.8) is 0 Å². The van der Waals surface area contributed by atoms with Gasteiger partial charge < -0.3 is 19.6 Å². The lowest BCUT2D eigenvalue weighted by Gasteiger charge is -2.14. The van der Waals surface area contributed by atoms with Crippen LogP contribution in [0.15, 0.2) is 76.7 Å². The van der Waals surface area contributed by atoms with Crippen molar-refractivity contribution in [2.24, 2.45) is 4.99 Å². The third-order valence-electron chi connectivity index (χ3n) is 5.36. The third kappa shape index (κ3) is 5.24. The number of benzene rings is 2. The fraction of sp³-hybridized carbons (Fsp3) is 0.240. The number of hydrogen-bond acceptors (Lipinski definition) is 4. The van der Waals surface area contributed by atoms with Crippen LogP contribution in [0.4, 0.5) is 0 Å². The lowest BCUT2D eigenvalue weighted by Crippen LogP contribution is -2.36. The minimum Gasteiger partial charge on any atom is -0.444 e. The number of hydrogen-bond donors (Lipinski definition) is 2. The molecule has 0 atom stereocenters. The van der Waals surface area contributed by atoms with Crippen LogP contribution in [-0.2, 0) is 19.6 Å². The maximum absolute atomic E-state index is 5.63. The highest BCUT2D eigenvalue weighted by atomic mass is 16.4. The zero-order chi connectivity index (χ0) is 22.3. The summed E-state index contributed by atoms with van der Waals surface area (Å²) in [5, 5.41) is 6.65. The highest BCUT2D eigenvalue weighted by Gasteiger charge is 2.09. The first-order valence-electron chi connectivity index (χ1n) is 10.6. The lowest BCUT2D eigenvalue weighted by atomic mass is 9.98. The molecule has 4 rings (SSSR count). The molecule has 0 fully saturated rings. The number of nitrogens with zero attached hydrogens (tertiary/aromatic N) is 4. The quantitative estimate of drug-likeness (QED) is 0.343. The number of aliphatic imine (C=N–C) groups is 1. The molecule has 0 aliphatic carbocycles. The van der Waals surface area contributed by atoms with Crippen LogP contribution in [0.3, 0.4) is 0 Å². The van der Waals surface area contributed by atoms with E-state index in [1.54, 1.807) is 13.2 Å². The Labute approximate surface area is 188 Å². The molecule has 0 spiro atoms. The first-order valence-corrected chi connectivity index (χ1v) is 10.6. The molecular formula is C25H28N6O. The second kappa shape index (κ2) is 9.96. The standard InChI is InChI=1S/C25H28N6O/c1-18-19(2)32-24(30-18)15-29-25(26-3)28-14-22-6-4-5-7-23(22)21-10-8-20(9-11-21)16-31-13-12-27-17-31/h4-13,17H,14-16H2,1-3H3,(H2,26,28,29). The van der Waals surface area contributed by atoms with Crippen LogP contribution < -0.4 is 10.6 Å². The predicted molar refractivity (Wildman–Crippen MR) is 126 cm³/mol. The fourth-order valence-corrected chi connectivity index (χ4v) is 3.51. The van der Waals surface area contributed by atoms with Gasteiger partial charge >= 0.3 is 0 Å². The zero-order valence-electron chi connectivity index (χ0n) is 18.7. The third-order valence-corrected chi connectivity index (χ3v) is 5.36. The monoisotopic (exact) mass is 428 g/mol. The van der Waals surface area contributed by atoms with Gasteiger partial charge in [-0.15, -0.1) is 0 Å². The molecule has 0 aliphatic rings. The van der Waals surface area contributed by atoms with Crippen LogP contribution in [0.1, 0.15) is 28.5 Å². The number of oxazole rings is 1. The van der Waals surface area contributed by atoms with E-state index < -0.39 is 0 Å². The summed E-state index contributed by atoms with van der Waals surface area (Å²) in [4.78, 5) is 12.8. The molecule has 2 aromatic heterocycles. The molecule has 0 bridgehead atoms. The second-order valence-electron chi connectivity index (χ2n) is 7.62. The molecule has 7 nitrogen and oxygen atoms in total. The van der Waals surface area contributed by atoms with E-state index in [1.807, 2.05) is 26.4 Å². The molecule has 164 valence electrons. The molecular weight excluding hydrogens is 400 g/mol.